The summed E-state index contributed by atoms with van der Waals surface area (Å²) < 4.78 is 18.1. The molecule has 1 aliphatic rings. The number of amides is 1. The molecule has 3 aromatic rings. The molecule has 0 saturated heterocycles. The van der Waals surface area contributed by atoms with Crippen LogP contribution in [0.15, 0.2) is 54.2 Å². The number of hydrogen-bond acceptors (Lipinski definition) is 7. The first-order valence-corrected chi connectivity index (χ1v) is 10.6. The van der Waals surface area contributed by atoms with E-state index in [-0.39, 0.29) is 18.5 Å². The molecule has 31 heavy (non-hydrogen) atoms. The predicted octanol–water partition coefficient (Wildman–Crippen LogP) is 3.91. The fraction of sp³-hybridized carbons (Fsp3) is 0.227. The molecule has 0 atom stereocenters. The molecule has 0 unspecified atom stereocenters. The Balaban J connectivity index is 1.49. The zero-order valence-electron chi connectivity index (χ0n) is 17.3. The maximum absolute atomic E-state index is 12.5. The maximum Gasteiger partial charge on any atom is 0.234 e. The van der Waals surface area contributed by atoms with Gasteiger partial charge in [0.25, 0.3) is 0 Å². The van der Waals surface area contributed by atoms with Crippen LogP contribution in [-0.2, 0) is 11.3 Å². The van der Waals surface area contributed by atoms with Gasteiger partial charge in [-0.2, -0.15) is 0 Å². The molecule has 1 aromatic heterocycles. The third-order valence-corrected chi connectivity index (χ3v) is 5.59. The van der Waals surface area contributed by atoms with Crippen LogP contribution < -0.4 is 19.5 Å². The van der Waals surface area contributed by atoms with Gasteiger partial charge in [-0.25, -0.2) is 0 Å². The van der Waals surface area contributed by atoms with Crippen molar-refractivity contribution in [2.24, 2.45) is 0 Å². The van der Waals surface area contributed by atoms with E-state index in [1.165, 1.54) is 11.8 Å². The summed E-state index contributed by atoms with van der Waals surface area (Å²) in [6.07, 6.45) is 1.77. The van der Waals surface area contributed by atoms with Crippen molar-refractivity contribution < 1.29 is 19.0 Å². The fourth-order valence-corrected chi connectivity index (χ4v) is 3.92. The Morgan fingerprint density at radius 1 is 1.26 bits per heavy atom. The SMILES string of the molecule is C=CCn1c(SCC(=O)Nc2cc(C)ccc2OC)nnc1-c1ccc2c(c1)OCO2. The highest BCUT2D eigenvalue weighted by Gasteiger charge is 2.19. The van der Waals surface area contributed by atoms with Crippen molar-refractivity contribution >= 4 is 23.4 Å². The van der Waals surface area contributed by atoms with Gasteiger partial charge in [-0.1, -0.05) is 23.9 Å². The van der Waals surface area contributed by atoms with E-state index in [0.717, 1.165) is 11.1 Å². The van der Waals surface area contributed by atoms with Gasteiger partial charge in [0.15, 0.2) is 22.5 Å². The first-order chi connectivity index (χ1) is 15.1. The Bertz CT molecular complexity index is 1130. The first-order valence-electron chi connectivity index (χ1n) is 9.60. The number of allylic oxidation sites excluding steroid dienone is 1. The molecular weight excluding hydrogens is 416 g/mol. The predicted molar refractivity (Wildman–Crippen MR) is 119 cm³/mol. The molecule has 0 spiro atoms. The van der Waals surface area contributed by atoms with Crippen LogP contribution in [-0.4, -0.2) is 40.3 Å². The number of nitrogens with one attached hydrogen (secondary N) is 1. The third-order valence-electron chi connectivity index (χ3n) is 4.62. The summed E-state index contributed by atoms with van der Waals surface area (Å²) in [6, 6.07) is 11.3. The van der Waals surface area contributed by atoms with E-state index < -0.39 is 0 Å². The Morgan fingerprint density at radius 2 is 2.10 bits per heavy atom. The maximum atomic E-state index is 12.5. The number of benzene rings is 2. The van der Waals surface area contributed by atoms with Crippen LogP contribution in [0.1, 0.15) is 5.56 Å². The summed E-state index contributed by atoms with van der Waals surface area (Å²) in [5, 5.41) is 12.1. The van der Waals surface area contributed by atoms with Gasteiger partial charge >= 0.3 is 0 Å². The van der Waals surface area contributed by atoms with Crippen molar-refractivity contribution in [3.8, 4) is 28.6 Å². The van der Waals surface area contributed by atoms with Crippen molar-refractivity contribution in [2.45, 2.75) is 18.6 Å². The minimum absolute atomic E-state index is 0.160. The van der Waals surface area contributed by atoms with Crippen LogP contribution in [0.3, 0.4) is 0 Å². The van der Waals surface area contributed by atoms with Crippen molar-refractivity contribution in [2.75, 3.05) is 25.0 Å². The minimum atomic E-state index is -0.160. The molecule has 0 radical (unpaired) electrons. The van der Waals surface area contributed by atoms with Crippen LogP contribution in [0.25, 0.3) is 11.4 Å². The van der Waals surface area contributed by atoms with E-state index in [2.05, 4.69) is 22.1 Å². The van der Waals surface area contributed by atoms with Gasteiger partial charge in [-0.05, 0) is 42.8 Å². The summed E-state index contributed by atoms with van der Waals surface area (Å²) in [6.45, 7) is 6.50. The second-order valence-electron chi connectivity index (χ2n) is 6.81. The molecule has 2 aromatic carbocycles. The molecule has 0 bridgehead atoms. The average Bonchev–Trinajstić information content (AvgIpc) is 3.39. The van der Waals surface area contributed by atoms with Crippen LogP contribution in [0, 0.1) is 6.92 Å². The lowest BCUT2D eigenvalue weighted by molar-refractivity contribution is -0.113. The highest BCUT2D eigenvalue weighted by Crippen LogP contribution is 2.36. The van der Waals surface area contributed by atoms with E-state index in [1.807, 2.05) is 47.9 Å². The molecule has 1 amide bonds. The molecule has 8 nitrogen and oxygen atoms in total. The number of nitrogens with zero attached hydrogens (tertiary/aromatic N) is 3. The number of aryl methyl sites for hydroxylation is 1. The van der Waals surface area contributed by atoms with Crippen molar-refractivity contribution in [3.05, 3.63) is 54.6 Å². The summed E-state index contributed by atoms with van der Waals surface area (Å²) in [5.74, 6) is 2.67. The topological polar surface area (TPSA) is 87.5 Å². The van der Waals surface area contributed by atoms with Crippen LogP contribution in [0.2, 0.25) is 0 Å². The first kappa shape index (κ1) is 20.8. The smallest absolute Gasteiger partial charge is 0.234 e. The number of fused-ring (bicyclic) bond motifs is 1. The normalized spacial score (nSPS) is 11.9. The van der Waals surface area contributed by atoms with Crippen LogP contribution >= 0.6 is 11.8 Å². The van der Waals surface area contributed by atoms with Crippen LogP contribution in [0.5, 0.6) is 17.2 Å². The highest BCUT2D eigenvalue weighted by molar-refractivity contribution is 7.99. The minimum Gasteiger partial charge on any atom is -0.495 e. The number of anilines is 1. The second-order valence-corrected chi connectivity index (χ2v) is 7.76. The molecule has 1 aliphatic heterocycles. The zero-order chi connectivity index (χ0) is 21.8. The second kappa shape index (κ2) is 9.13. The highest BCUT2D eigenvalue weighted by atomic mass is 32.2. The molecule has 9 heteroatoms. The summed E-state index contributed by atoms with van der Waals surface area (Å²) in [5.41, 5.74) is 2.52. The largest absolute Gasteiger partial charge is 0.495 e. The molecular formula is C22H22N4O4S. The number of thioether (sulfide) groups is 1. The lowest BCUT2D eigenvalue weighted by Gasteiger charge is -2.11. The lowest BCUT2D eigenvalue weighted by Crippen LogP contribution is -2.15. The summed E-state index contributed by atoms with van der Waals surface area (Å²) in [4.78, 5) is 12.5. The number of ether oxygens (including phenoxy) is 3. The van der Waals surface area contributed by atoms with Gasteiger partial charge in [0, 0.05) is 12.1 Å². The van der Waals surface area contributed by atoms with Crippen LogP contribution in [0.4, 0.5) is 5.69 Å². The molecule has 2 heterocycles. The van der Waals surface area contributed by atoms with Gasteiger partial charge in [-0.15, -0.1) is 16.8 Å². The molecule has 0 saturated carbocycles. The summed E-state index contributed by atoms with van der Waals surface area (Å²) in [7, 11) is 1.57. The van der Waals surface area contributed by atoms with Gasteiger partial charge < -0.3 is 19.5 Å². The van der Waals surface area contributed by atoms with E-state index in [9.17, 15) is 4.79 Å². The van der Waals surface area contributed by atoms with E-state index in [4.69, 9.17) is 14.2 Å². The Hall–Kier alpha value is -3.46. The fourth-order valence-electron chi connectivity index (χ4n) is 3.17. The van der Waals surface area contributed by atoms with Crippen molar-refractivity contribution in [1.82, 2.24) is 14.8 Å². The van der Waals surface area contributed by atoms with Gasteiger partial charge in [0.2, 0.25) is 12.7 Å². The van der Waals surface area contributed by atoms with Crippen molar-refractivity contribution in [3.63, 3.8) is 0 Å². The number of carbonyl (C=O) groups excluding carboxylic acids is 1. The number of carbonyl (C=O) groups is 1. The van der Waals surface area contributed by atoms with Gasteiger partial charge in [-0.3, -0.25) is 9.36 Å². The Kier molecular flexibility index (Phi) is 6.13. The number of aromatic nitrogens is 3. The molecule has 0 aliphatic carbocycles. The van der Waals surface area contributed by atoms with Crippen molar-refractivity contribution in [1.29, 1.82) is 0 Å². The quantitative estimate of drug-likeness (QED) is 0.421. The third kappa shape index (κ3) is 4.51. The Morgan fingerprint density at radius 3 is 2.90 bits per heavy atom. The number of rotatable bonds is 8. The zero-order valence-corrected chi connectivity index (χ0v) is 18.1. The number of methoxy groups -OCH3 is 1. The average molecular weight is 439 g/mol. The molecule has 0 fully saturated rings. The van der Waals surface area contributed by atoms with E-state index >= 15 is 0 Å². The monoisotopic (exact) mass is 438 g/mol. The van der Waals surface area contributed by atoms with Gasteiger partial charge in [0.1, 0.15) is 5.75 Å². The van der Waals surface area contributed by atoms with E-state index in [0.29, 0.717) is 40.5 Å². The number of hydrogen-bond donors (Lipinski definition) is 1. The van der Waals surface area contributed by atoms with E-state index in [1.54, 1.807) is 13.2 Å². The lowest BCUT2D eigenvalue weighted by atomic mass is 10.2. The standard InChI is InChI=1S/C22H22N4O4S/c1-4-9-26-21(15-6-8-18-19(11-15)30-13-29-18)24-25-22(26)31-12-20(27)23-16-10-14(2)5-7-17(16)28-3/h4-8,10-11H,1,9,12-13H2,2-3H3,(H,23,27). The van der Waals surface area contributed by atoms with Gasteiger partial charge in [0.05, 0.1) is 18.6 Å². The molecule has 4 rings (SSSR count). The summed E-state index contributed by atoms with van der Waals surface area (Å²) >= 11 is 1.31. The molecule has 160 valence electrons. The Labute approximate surface area is 184 Å². The molecule has 1 N–H and O–H groups in total.